The van der Waals surface area contributed by atoms with Crippen molar-refractivity contribution in [3.05, 3.63) is 75.7 Å². The summed E-state index contributed by atoms with van der Waals surface area (Å²) in [7, 11) is 1.65. The van der Waals surface area contributed by atoms with E-state index in [4.69, 9.17) is 4.74 Å². The maximum Gasteiger partial charge on any atom is 0.268 e. The van der Waals surface area contributed by atoms with Gasteiger partial charge in [-0.15, -0.1) is 11.3 Å². The first-order valence-corrected chi connectivity index (χ1v) is 9.09. The van der Waals surface area contributed by atoms with Crippen LogP contribution < -0.4 is 10.1 Å². The number of carbonyl (C=O) groups excluding carboxylic acids is 1. The van der Waals surface area contributed by atoms with Gasteiger partial charge in [0, 0.05) is 16.6 Å². The number of thiophene rings is 1. The van der Waals surface area contributed by atoms with E-state index >= 15 is 0 Å². The van der Waals surface area contributed by atoms with Crippen molar-refractivity contribution in [2.24, 2.45) is 0 Å². The van der Waals surface area contributed by atoms with Gasteiger partial charge in [0.15, 0.2) is 0 Å². The highest BCUT2D eigenvalue weighted by molar-refractivity contribution is 7.09. The van der Waals surface area contributed by atoms with Gasteiger partial charge in [-0.1, -0.05) is 23.8 Å². The fourth-order valence-electron chi connectivity index (χ4n) is 2.87. The first kappa shape index (κ1) is 17.3. The number of amides is 1. The van der Waals surface area contributed by atoms with E-state index in [1.54, 1.807) is 18.4 Å². The van der Waals surface area contributed by atoms with Gasteiger partial charge in [-0.05, 0) is 43.5 Å². The molecule has 0 radical (unpaired) electrons. The van der Waals surface area contributed by atoms with Gasteiger partial charge in [0.25, 0.3) is 5.91 Å². The van der Waals surface area contributed by atoms with Crippen LogP contribution in [0.2, 0.25) is 0 Å². The zero-order chi connectivity index (χ0) is 17.8. The average molecular weight is 354 g/mol. The number of methoxy groups -OCH3 is 1. The van der Waals surface area contributed by atoms with Crippen LogP contribution >= 0.6 is 11.3 Å². The third-order valence-electron chi connectivity index (χ3n) is 4.17. The molecule has 0 saturated heterocycles. The molecule has 3 aromatic rings. The third-order valence-corrected chi connectivity index (χ3v) is 5.03. The molecule has 0 saturated carbocycles. The number of hydrogen-bond donors (Lipinski definition) is 1. The van der Waals surface area contributed by atoms with Gasteiger partial charge in [0.05, 0.1) is 19.7 Å². The minimum Gasteiger partial charge on any atom is -0.496 e. The molecule has 2 heterocycles. The van der Waals surface area contributed by atoms with Crippen LogP contribution in [0.3, 0.4) is 0 Å². The van der Waals surface area contributed by atoms with E-state index in [9.17, 15) is 4.79 Å². The summed E-state index contributed by atoms with van der Waals surface area (Å²) in [5.41, 5.74) is 2.78. The monoisotopic (exact) mass is 354 g/mol. The van der Waals surface area contributed by atoms with Gasteiger partial charge in [0.1, 0.15) is 11.4 Å². The summed E-state index contributed by atoms with van der Waals surface area (Å²) >= 11 is 1.69. The number of ether oxygens (including phenoxy) is 1. The SMILES string of the molecule is COc1ccc(C)cc1C(C)NC(=O)c1cccn1Cc1cccs1. The molecule has 1 unspecified atom stereocenters. The third kappa shape index (κ3) is 3.94. The predicted octanol–water partition coefficient (Wildman–Crippen LogP) is 4.41. The van der Waals surface area contributed by atoms with Crippen LogP contribution in [0.5, 0.6) is 5.75 Å². The molecule has 25 heavy (non-hydrogen) atoms. The Labute approximate surface area is 152 Å². The van der Waals surface area contributed by atoms with E-state index in [1.165, 1.54) is 4.88 Å². The summed E-state index contributed by atoms with van der Waals surface area (Å²) in [6.45, 7) is 4.71. The summed E-state index contributed by atoms with van der Waals surface area (Å²) in [4.78, 5) is 14.0. The largest absolute Gasteiger partial charge is 0.496 e. The molecule has 0 fully saturated rings. The maximum atomic E-state index is 12.8. The first-order valence-electron chi connectivity index (χ1n) is 8.21. The Morgan fingerprint density at radius 2 is 2.12 bits per heavy atom. The lowest BCUT2D eigenvalue weighted by molar-refractivity contribution is 0.0930. The second-order valence-corrected chi connectivity index (χ2v) is 7.07. The predicted molar refractivity (Wildman–Crippen MR) is 101 cm³/mol. The second kappa shape index (κ2) is 7.57. The van der Waals surface area contributed by atoms with Gasteiger partial charge >= 0.3 is 0 Å². The van der Waals surface area contributed by atoms with Gasteiger partial charge in [-0.25, -0.2) is 0 Å². The summed E-state index contributed by atoms with van der Waals surface area (Å²) in [6.07, 6.45) is 1.94. The van der Waals surface area contributed by atoms with E-state index in [0.29, 0.717) is 12.2 Å². The molecule has 2 aromatic heterocycles. The van der Waals surface area contributed by atoms with Crippen LogP contribution in [0.4, 0.5) is 0 Å². The number of aromatic nitrogens is 1. The van der Waals surface area contributed by atoms with Crippen LogP contribution in [0, 0.1) is 6.92 Å². The minimum absolute atomic E-state index is 0.0855. The highest BCUT2D eigenvalue weighted by Gasteiger charge is 2.17. The number of benzene rings is 1. The normalized spacial score (nSPS) is 12.0. The number of carbonyl (C=O) groups is 1. The Hall–Kier alpha value is -2.53. The number of hydrogen-bond acceptors (Lipinski definition) is 3. The van der Waals surface area contributed by atoms with Gasteiger partial charge < -0.3 is 14.6 Å². The lowest BCUT2D eigenvalue weighted by Gasteiger charge is -2.18. The summed E-state index contributed by atoms with van der Waals surface area (Å²) < 4.78 is 7.41. The van der Waals surface area contributed by atoms with Crippen molar-refractivity contribution in [1.29, 1.82) is 0 Å². The fourth-order valence-corrected chi connectivity index (χ4v) is 3.57. The molecule has 0 aliphatic rings. The summed E-state index contributed by atoms with van der Waals surface area (Å²) in [5, 5.41) is 5.13. The van der Waals surface area contributed by atoms with Crippen LogP contribution in [0.1, 0.15) is 39.5 Å². The standard InChI is InChI=1S/C20H22N2O2S/c1-14-8-9-19(24-3)17(12-14)15(2)21-20(23)18-7-4-10-22(18)13-16-6-5-11-25-16/h4-12,15H,13H2,1-3H3,(H,21,23). The molecule has 3 rings (SSSR count). The zero-order valence-electron chi connectivity index (χ0n) is 14.7. The lowest BCUT2D eigenvalue weighted by atomic mass is 10.0. The van der Waals surface area contributed by atoms with E-state index in [1.807, 2.05) is 60.3 Å². The molecule has 4 nitrogen and oxygen atoms in total. The number of rotatable bonds is 6. The molecule has 5 heteroatoms. The molecule has 0 bridgehead atoms. The van der Waals surface area contributed by atoms with Crippen molar-refractivity contribution < 1.29 is 9.53 Å². The maximum absolute atomic E-state index is 12.8. The Balaban J connectivity index is 1.77. The average Bonchev–Trinajstić information content (AvgIpc) is 3.27. The van der Waals surface area contributed by atoms with Crippen LogP contribution in [0.15, 0.2) is 54.0 Å². The molecule has 0 spiro atoms. The Kier molecular flexibility index (Phi) is 5.24. The first-order chi connectivity index (χ1) is 12.1. The van der Waals surface area contributed by atoms with Crippen molar-refractivity contribution in [2.45, 2.75) is 26.4 Å². The molecule has 0 aliphatic heterocycles. The zero-order valence-corrected chi connectivity index (χ0v) is 15.5. The van der Waals surface area contributed by atoms with E-state index in [0.717, 1.165) is 16.9 Å². The van der Waals surface area contributed by atoms with Crippen molar-refractivity contribution in [1.82, 2.24) is 9.88 Å². The Morgan fingerprint density at radius 3 is 2.84 bits per heavy atom. The quantitative estimate of drug-likeness (QED) is 0.713. The molecular formula is C20H22N2O2S. The molecule has 1 amide bonds. The van der Waals surface area contributed by atoms with Gasteiger partial charge in [-0.2, -0.15) is 0 Å². The number of aryl methyl sites for hydroxylation is 1. The highest BCUT2D eigenvalue weighted by Crippen LogP contribution is 2.26. The minimum atomic E-state index is -0.146. The Bertz CT molecular complexity index is 852. The number of nitrogens with one attached hydrogen (secondary N) is 1. The van der Waals surface area contributed by atoms with Crippen molar-refractivity contribution in [3.63, 3.8) is 0 Å². The van der Waals surface area contributed by atoms with E-state index < -0.39 is 0 Å². The molecule has 0 aliphatic carbocycles. The fraction of sp³-hybridized carbons (Fsp3) is 0.250. The molecule has 1 aromatic carbocycles. The van der Waals surface area contributed by atoms with Crippen molar-refractivity contribution in [2.75, 3.05) is 7.11 Å². The van der Waals surface area contributed by atoms with Crippen LogP contribution in [-0.4, -0.2) is 17.6 Å². The highest BCUT2D eigenvalue weighted by atomic mass is 32.1. The molecule has 130 valence electrons. The lowest BCUT2D eigenvalue weighted by Crippen LogP contribution is -2.29. The van der Waals surface area contributed by atoms with E-state index in [2.05, 4.69) is 17.4 Å². The van der Waals surface area contributed by atoms with Crippen molar-refractivity contribution >= 4 is 17.2 Å². The molecular weight excluding hydrogens is 332 g/mol. The number of nitrogens with zero attached hydrogens (tertiary/aromatic N) is 1. The second-order valence-electron chi connectivity index (χ2n) is 6.04. The van der Waals surface area contributed by atoms with Crippen LogP contribution in [-0.2, 0) is 6.54 Å². The van der Waals surface area contributed by atoms with Crippen molar-refractivity contribution in [3.8, 4) is 5.75 Å². The molecule has 1 atom stereocenters. The topological polar surface area (TPSA) is 43.3 Å². The van der Waals surface area contributed by atoms with Gasteiger partial charge in [0.2, 0.25) is 0 Å². The van der Waals surface area contributed by atoms with Crippen LogP contribution in [0.25, 0.3) is 0 Å². The summed E-state index contributed by atoms with van der Waals surface area (Å²) in [5.74, 6) is 0.699. The van der Waals surface area contributed by atoms with Gasteiger partial charge in [-0.3, -0.25) is 4.79 Å². The Morgan fingerprint density at radius 1 is 1.28 bits per heavy atom. The smallest absolute Gasteiger partial charge is 0.268 e. The molecule has 1 N–H and O–H groups in total. The van der Waals surface area contributed by atoms with E-state index in [-0.39, 0.29) is 11.9 Å². The summed E-state index contributed by atoms with van der Waals surface area (Å²) in [6, 6.07) is 13.7.